The summed E-state index contributed by atoms with van der Waals surface area (Å²) in [4.78, 5) is 16.7. The van der Waals surface area contributed by atoms with Crippen molar-refractivity contribution in [3.63, 3.8) is 0 Å². The van der Waals surface area contributed by atoms with Crippen LogP contribution in [0.5, 0.6) is 0 Å². The number of aliphatic hydroxyl groups is 1. The monoisotopic (exact) mass is 409 g/mol. The van der Waals surface area contributed by atoms with Gasteiger partial charge in [-0.15, -0.1) is 10.2 Å². The summed E-state index contributed by atoms with van der Waals surface area (Å²) in [6.07, 6.45) is 0. The minimum absolute atomic E-state index is 0.0203. The highest BCUT2D eigenvalue weighted by Gasteiger charge is 2.53. The zero-order valence-corrected chi connectivity index (χ0v) is 16.7. The van der Waals surface area contributed by atoms with Gasteiger partial charge in [0.1, 0.15) is 0 Å². The van der Waals surface area contributed by atoms with Crippen molar-refractivity contribution in [2.45, 2.75) is 13.5 Å². The van der Waals surface area contributed by atoms with Crippen LogP contribution in [0.25, 0.3) is 11.5 Å². The first-order chi connectivity index (χ1) is 14.6. The number of fused-ring (bicyclic) bond motifs is 1. The van der Waals surface area contributed by atoms with Crippen molar-refractivity contribution in [2.75, 3.05) is 32.8 Å². The fourth-order valence-electron chi connectivity index (χ4n) is 4.62. The normalized spacial score (nSPS) is 23.8. The molecule has 2 aliphatic heterocycles. The van der Waals surface area contributed by atoms with Crippen LogP contribution in [-0.2, 0) is 6.54 Å². The third-order valence-corrected chi connectivity index (χ3v) is 6.12. The molecule has 9 heteroatoms. The first-order valence-electron chi connectivity index (χ1n) is 10.00. The third kappa shape index (κ3) is 3.29. The number of amides is 1. The number of nitrogens with zero attached hydrogens (tertiary/aromatic N) is 5. The van der Waals surface area contributed by atoms with Crippen molar-refractivity contribution in [1.29, 1.82) is 0 Å². The van der Waals surface area contributed by atoms with E-state index in [0.717, 1.165) is 12.1 Å². The van der Waals surface area contributed by atoms with Gasteiger partial charge in [-0.3, -0.25) is 9.69 Å². The molecule has 0 aliphatic carbocycles. The Labute approximate surface area is 173 Å². The van der Waals surface area contributed by atoms with E-state index in [-0.39, 0.29) is 29.6 Å². The SMILES string of the molecule is Cc1cc(C(=O)N2C[C@@H]3CN(Cc4nnc(-c5ccccc5)o4)C[C@]3(CO)C2)on1. The van der Waals surface area contributed by atoms with E-state index in [0.29, 0.717) is 43.7 Å². The molecule has 2 atom stereocenters. The smallest absolute Gasteiger partial charge is 0.292 e. The zero-order valence-electron chi connectivity index (χ0n) is 16.7. The van der Waals surface area contributed by atoms with Gasteiger partial charge in [0, 0.05) is 43.2 Å². The third-order valence-electron chi connectivity index (χ3n) is 6.12. The molecule has 0 bridgehead atoms. The maximum atomic E-state index is 12.7. The number of carbonyl (C=O) groups is 1. The number of aliphatic hydroxyl groups excluding tert-OH is 1. The van der Waals surface area contributed by atoms with Crippen LogP contribution in [0, 0.1) is 18.3 Å². The van der Waals surface area contributed by atoms with E-state index in [1.54, 1.807) is 17.9 Å². The van der Waals surface area contributed by atoms with Gasteiger partial charge in [-0.25, -0.2) is 0 Å². The number of benzene rings is 1. The molecule has 156 valence electrons. The Morgan fingerprint density at radius 1 is 1.23 bits per heavy atom. The van der Waals surface area contributed by atoms with Crippen molar-refractivity contribution < 1.29 is 18.8 Å². The molecule has 0 radical (unpaired) electrons. The first-order valence-corrected chi connectivity index (χ1v) is 10.00. The van der Waals surface area contributed by atoms with Crippen LogP contribution in [0.15, 0.2) is 45.3 Å². The Hall–Kier alpha value is -3.04. The van der Waals surface area contributed by atoms with Gasteiger partial charge in [0.15, 0.2) is 0 Å². The Morgan fingerprint density at radius 3 is 2.77 bits per heavy atom. The van der Waals surface area contributed by atoms with Gasteiger partial charge in [0.05, 0.1) is 18.8 Å². The van der Waals surface area contributed by atoms with E-state index in [4.69, 9.17) is 8.94 Å². The molecule has 2 aromatic heterocycles. The summed E-state index contributed by atoms with van der Waals surface area (Å²) < 4.78 is 11.0. The molecular formula is C21H23N5O4. The van der Waals surface area contributed by atoms with Gasteiger partial charge in [-0.05, 0) is 25.0 Å². The fraction of sp³-hybridized carbons (Fsp3) is 0.429. The molecule has 30 heavy (non-hydrogen) atoms. The molecule has 0 unspecified atom stereocenters. The van der Waals surface area contributed by atoms with Gasteiger partial charge < -0.3 is 18.9 Å². The molecule has 2 saturated heterocycles. The number of aryl methyl sites for hydroxylation is 1. The first kappa shape index (κ1) is 19.0. The second kappa shape index (κ2) is 7.33. The van der Waals surface area contributed by atoms with E-state index < -0.39 is 0 Å². The van der Waals surface area contributed by atoms with Crippen LogP contribution in [0.3, 0.4) is 0 Å². The predicted molar refractivity (Wildman–Crippen MR) is 105 cm³/mol. The lowest BCUT2D eigenvalue weighted by Gasteiger charge is -2.26. The van der Waals surface area contributed by atoms with E-state index in [9.17, 15) is 9.90 Å². The van der Waals surface area contributed by atoms with Gasteiger partial charge in [0.25, 0.3) is 5.91 Å². The molecule has 4 heterocycles. The predicted octanol–water partition coefficient (Wildman–Crippen LogP) is 1.60. The van der Waals surface area contributed by atoms with Crippen LogP contribution in [0.4, 0.5) is 0 Å². The van der Waals surface area contributed by atoms with Gasteiger partial charge in [0.2, 0.25) is 17.5 Å². The highest BCUT2D eigenvalue weighted by Crippen LogP contribution is 2.43. The fourth-order valence-corrected chi connectivity index (χ4v) is 4.62. The largest absolute Gasteiger partial charge is 0.419 e. The van der Waals surface area contributed by atoms with E-state index >= 15 is 0 Å². The Balaban J connectivity index is 1.25. The standard InChI is InChI=1S/C21H23N5O4/c1-14-7-17(30-24-14)20(28)26-9-16-8-25(11-21(16,12-26)13-27)10-18-22-23-19(29-18)15-5-3-2-4-6-15/h2-7,16,27H,8-13H2,1H3/t16-,21+/m0/s1. The second-order valence-electron chi connectivity index (χ2n) is 8.27. The summed E-state index contributed by atoms with van der Waals surface area (Å²) in [5.74, 6) is 1.30. The molecule has 1 N–H and O–H groups in total. The molecule has 9 nitrogen and oxygen atoms in total. The summed E-state index contributed by atoms with van der Waals surface area (Å²) in [7, 11) is 0. The minimum Gasteiger partial charge on any atom is -0.419 e. The molecule has 0 spiro atoms. The average molecular weight is 409 g/mol. The van der Waals surface area contributed by atoms with Crippen molar-refractivity contribution >= 4 is 5.91 Å². The lowest BCUT2D eigenvalue weighted by Crippen LogP contribution is -2.38. The number of hydrogen-bond acceptors (Lipinski definition) is 8. The van der Waals surface area contributed by atoms with Crippen molar-refractivity contribution in [2.24, 2.45) is 11.3 Å². The second-order valence-corrected chi connectivity index (χ2v) is 8.27. The van der Waals surface area contributed by atoms with Gasteiger partial charge in [-0.2, -0.15) is 0 Å². The molecule has 2 fully saturated rings. The number of carbonyl (C=O) groups excluding carboxylic acids is 1. The van der Waals surface area contributed by atoms with Crippen LogP contribution in [0.2, 0.25) is 0 Å². The summed E-state index contributed by atoms with van der Waals surface area (Å²) in [5, 5.41) is 22.3. The Kier molecular flexibility index (Phi) is 4.63. The van der Waals surface area contributed by atoms with Crippen LogP contribution < -0.4 is 0 Å². The zero-order chi connectivity index (χ0) is 20.7. The average Bonchev–Trinajstić information content (AvgIpc) is 3.51. The number of aromatic nitrogens is 3. The lowest BCUT2D eigenvalue weighted by molar-refractivity contribution is 0.0678. The Bertz CT molecular complexity index is 1050. The maximum absolute atomic E-state index is 12.7. The molecule has 3 aromatic rings. The summed E-state index contributed by atoms with van der Waals surface area (Å²) in [6.45, 7) is 4.81. The molecule has 1 amide bonds. The van der Waals surface area contributed by atoms with E-state index in [2.05, 4.69) is 20.3 Å². The number of rotatable bonds is 5. The summed E-state index contributed by atoms with van der Waals surface area (Å²) >= 11 is 0. The lowest BCUT2D eigenvalue weighted by atomic mass is 9.82. The number of hydrogen-bond donors (Lipinski definition) is 1. The summed E-state index contributed by atoms with van der Waals surface area (Å²) in [5.41, 5.74) is 1.21. The highest BCUT2D eigenvalue weighted by molar-refractivity contribution is 5.91. The summed E-state index contributed by atoms with van der Waals surface area (Å²) in [6, 6.07) is 11.3. The molecule has 0 saturated carbocycles. The van der Waals surface area contributed by atoms with Crippen LogP contribution in [-0.4, -0.2) is 69.0 Å². The highest BCUT2D eigenvalue weighted by atomic mass is 16.5. The van der Waals surface area contributed by atoms with E-state index in [1.807, 2.05) is 30.3 Å². The van der Waals surface area contributed by atoms with Crippen LogP contribution >= 0.6 is 0 Å². The topological polar surface area (TPSA) is 109 Å². The molecule has 2 aliphatic rings. The van der Waals surface area contributed by atoms with Crippen molar-refractivity contribution in [3.05, 3.63) is 53.7 Å². The van der Waals surface area contributed by atoms with Crippen molar-refractivity contribution in [1.82, 2.24) is 25.2 Å². The Morgan fingerprint density at radius 2 is 2.07 bits per heavy atom. The molecule has 5 rings (SSSR count). The van der Waals surface area contributed by atoms with E-state index in [1.165, 1.54) is 0 Å². The maximum Gasteiger partial charge on any atom is 0.292 e. The molecular weight excluding hydrogens is 386 g/mol. The molecule has 1 aromatic carbocycles. The number of likely N-dealkylation sites (tertiary alicyclic amines) is 2. The van der Waals surface area contributed by atoms with Crippen molar-refractivity contribution in [3.8, 4) is 11.5 Å². The minimum atomic E-state index is -0.354. The van der Waals surface area contributed by atoms with Crippen LogP contribution in [0.1, 0.15) is 22.1 Å². The van der Waals surface area contributed by atoms with Gasteiger partial charge >= 0.3 is 0 Å². The van der Waals surface area contributed by atoms with Gasteiger partial charge in [-0.1, -0.05) is 23.4 Å². The quantitative estimate of drug-likeness (QED) is 0.677.